The van der Waals surface area contributed by atoms with Crippen molar-refractivity contribution < 1.29 is 20.1 Å². The first-order valence-corrected chi connectivity index (χ1v) is 3.76. The minimum absolute atomic E-state index is 0.253. The van der Waals surface area contributed by atoms with Crippen LogP contribution in [-0.4, -0.2) is 40.4 Å². The van der Waals surface area contributed by atoms with E-state index in [2.05, 4.69) is 0 Å². The van der Waals surface area contributed by atoms with E-state index in [1.54, 1.807) is 13.8 Å². The van der Waals surface area contributed by atoms with Gasteiger partial charge in [0.2, 0.25) is 0 Å². The molecule has 0 radical (unpaired) electrons. The maximum atomic E-state index is 9.46. The van der Waals surface area contributed by atoms with Gasteiger partial charge in [0.15, 0.2) is 5.79 Å². The molecule has 0 aliphatic rings. The molecule has 0 rings (SSSR count). The van der Waals surface area contributed by atoms with Crippen LogP contribution in [0.5, 0.6) is 0 Å². The summed E-state index contributed by atoms with van der Waals surface area (Å²) in [5, 5.41) is 27.1. The molecule has 2 unspecified atom stereocenters. The van der Waals surface area contributed by atoms with E-state index in [4.69, 9.17) is 14.9 Å². The van der Waals surface area contributed by atoms with E-state index in [1.165, 1.54) is 0 Å². The van der Waals surface area contributed by atoms with Crippen LogP contribution in [0.3, 0.4) is 0 Å². The topological polar surface area (TPSA) is 69.9 Å². The molecule has 0 bridgehead atoms. The molecule has 0 amide bonds. The monoisotopic (exact) mass is 164 g/mol. The summed E-state index contributed by atoms with van der Waals surface area (Å²) in [4.78, 5) is 0. The molecule has 0 saturated carbocycles. The van der Waals surface area contributed by atoms with Crippen LogP contribution in [0.1, 0.15) is 20.3 Å². The van der Waals surface area contributed by atoms with E-state index in [1.807, 2.05) is 0 Å². The fourth-order valence-corrected chi connectivity index (χ4v) is 0.826. The van der Waals surface area contributed by atoms with Crippen LogP contribution in [0, 0.1) is 0 Å². The summed E-state index contributed by atoms with van der Waals surface area (Å²) in [6.45, 7) is 3.20. The Kier molecular flexibility index (Phi) is 4.60. The van der Waals surface area contributed by atoms with E-state index in [-0.39, 0.29) is 6.42 Å². The number of ether oxygens (including phenoxy) is 1. The first-order valence-electron chi connectivity index (χ1n) is 3.76. The van der Waals surface area contributed by atoms with E-state index >= 15 is 0 Å². The number of hydrogen-bond acceptors (Lipinski definition) is 4. The summed E-state index contributed by atoms with van der Waals surface area (Å²) in [5.74, 6) is -1.59. The van der Waals surface area contributed by atoms with Crippen molar-refractivity contribution in [2.75, 3.05) is 13.2 Å². The van der Waals surface area contributed by atoms with Gasteiger partial charge in [-0.05, 0) is 6.92 Å². The fourth-order valence-electron chi connectivity index (χ4n) is 0.826. The second-order valence-corrected chi connectivity index (χ2v) is 2.33. The van der Waals surface area contributed by atoms with Crippen LogP contribution in [0.2, 0.25) is 0 Å². The Hall–Kier alpha value is -0.160. The Labute approximate surface area is 66.4 Å². The van der Waals surface area contributed by atoms with Crippen molar-refractivity contribution in [3.63, 3.8) is 0 Å². The number of rotatable bonds is 5. The van der Waals surface area contributed by atoms with Gasteiger partial charge >= 0.3 is 0 Å². The highest BCUT2D eigenvalue weighted by Gasteiger charge is 2.33. The van der Waals surface area contributed by atoms with Gasteiger partial charge in [0.1, 0.15) is 6.10 Å². The second-order valence-electron chi connectivity index (χ2n) is 2.33. The van der Waals surface area contributed by atoms with Crippen LogP contribution in [-0.2, 0) is 4.74 Å². The van der Waals surface area contributed by atoms with Crippen molar-refractivity contribution in [1.82, 2.24) is 0 Å². The lowest BCUT2D eigenvalue weighted by atomic mass is 10.1. The zero-order chi connectivity index (χ0) is 8.91. The molecule has 4 heteroatoms. The van der Waals surface area contributed by atoms with Gasteiger partial charge in [-0.25, -0.2) is 0 Å². The molecule has 0 aromatic rings. The smallest absolute Gasteiger partial charge is 0.193 e. The lowest BCUT2D eigenvalue weighted by Crippen LogP contribution is -2.46. The SMILES string of the molecule is CCOC(O)(CC)C(O)CO. The molecule has 0 aromatic carbocycles. The molecule has 3 N–H and O–H groups in total. The van der Waals surface area contributed by atoms with Crippen molar-refractivity contribution in [3.8, 4) is 0 Å². The maximum Gasteiger partial charge on any atom is 0.193 e. The molecule has 4 nitrogen and oxygen atoms in total. The quantitative estimate of drug-likeness (QED) is 0.478. The van der Waals surface area contributed by atoms with E-state index in [0.717, 1.165) is 0 Å². The standard InChI is InChI=1S/C7H16O4/c1-3-7(10,11-4-2)6(9)5-8/h6,8-10H,3-5H2,1-2H3. The summed E-state index contributed by atoms with van der Waals surface area (Å²) < 4.78 is 4.88. The fraction of sp³-hybridized carbons (Fsp3) is 1.00. The van der Waals surface area contributed by atoms with E-state index < -0.39 is 18.5 Å². The Morgan fingerprint density at radius 3 is 2.27 bits per heavy atom. The number of aliphatic hydroxyl groups is 3. The van der Waals surface area contributed by atoms with Gasteiger partial charge in [-0.15, -0.1) is 0 Å². The van der Waals surface area contributed by atoms with Gasteiger partial charge in [-0.2, -0.15) is 0 Å². The van der Waals surface area contributed by atoms with Gasteiger partial charge < -0.3 is 20.1 Å². The lowest BCUT2D eigenvalue weighted by molar-refractivity contribution is -0.261. The maximum absolute atomic E-state index is 9.46. The van der Waals surface area contributed by atoms with Crippen LogP contribution < -0.4 is 0 Å². The predicted octanol–water partition coefficient (Wildman–Crippen LogP) is -0.525. The Morgan fingerprint density at radius 1 is 1.45 bits per heavy atom. The highest BCUT2D eigenvalue weighted by atomic mass is 16.6. The molecule has 0 fully saturated rings. The average molecular weight is 164 g/mol. The van der Waals surface area contributed by atoms with Crippen LogP contribution in [0.4, 0.5) is 0 Å². The average Bonchev–Trinajstić information content (AvgIpc) is 2.03. The summed E-state index contributed by atoms with van der Waals surface area (Å²) in [6, 6.07) is 0. The Balaban J connectivity index is 4.07. The van der Waals surface area contributed by atoms with Crippen molar-refractivity contribution in [2.45, 2.75) is 32.2 Å². The summed E-state index contributed by atoms with van der Waals surface area (Å²) >= 11 is 0. The first-order chi connectivity index (χ1) is 5.10. The third-order valence-electron chi connectivity index (χ3n) is 1.59. The Morgan fingerprint density at radius 2 is 2.00 bits per heavy atom. The molecular weight excluding hydrogens is 148 g/mol. The van der Waals surface area contributed by atoms with Gasteiger partial charge in [0.25, 0.3) is 0 Å². The zero-order valence-electron chi connectivity index (χ0n) is 6.95. The van der Waals surface area contributed by atoms with Gasteiger partial charge in [0, 0.05) is 13.0 Å². The van der Waals surface area contributed by atoms with Crippen LogP contribution in [0.25, 0.3) is 0 Å². The van der Waals surface area contributed by atoms with Crippen molar-refractivity contribution in [1.29, 1.82) is 0 Å². The molecule has 0 aliphatic heterocycles. The van der Waals surface area contributed by atoms with Crippen molar-refractivity contribution in [2.24, 2.45) is 0 Å². The number of hydrogen-bond donors (Lipinski definition) is 3. The summed E-state index contributed by atoms with van der Waals surface area (Å²) in [6.07, 6.45) is -0.977. The normalized spacial score (nSPS) is 19.4. The molecule has 0 aromatic heterocycles. The third kappa shape index (κ3) is 2.75. The van der Waals surface area contributed by atoms with Crippen LogP contribution >= 0.6 is 0 Å². The molecule has 0 heterocycles. The van der Waals surface area contributed by atoms with E-state index in [0.29, 0.717) is 6.61 Å². The van der Waals surface area contributed by atoms with E-state index in [9.17, 15) is 5.11 Å². The zero-order valence-corrected chi connectivity index (χ0v) is 6.95. The number of aliphatic hydroxyl groups excluding tert-OH is 2. The molecule has 68 valence electrons. The third-order valence-corrected chi connectivity index (χ3v) is 1.59. The second kappa shape index (κ2) is 4.66. The first kappa shape index (κ1) is 10.8. The highest BCUT2D eigenvalue weighted by molar-refractivity contribution is 4.74. The largest absolute Gasteiger partial charge is 0.393 e. The predicted molar refractivity (Wildman–Crippen MR) is 40.0 cm³/mol. The highest BCUT2D eigenvalue weighted by Crippen LogP contribution is 2.16. The molecule has 0 spiro atoms. The van der Waals surface area contributed by atoms with Crippen molar-refractivity contribution in [3.05, 3.63) is 0 Å². The molecule has 0 aliphatic carbocycles. The van der Waals surface area contributed by atoms with Crippen LogP contribution in [0.15, 0.2) is 0 Å². The minimum Gasteiger partial charge on any atom is -0.393 e. The van der Waals surface area contributed by atoms with Gasteiger partial charge in [-0.3, -0.25) is 0 Å². The minimum atomic E-state index is -1.59. The molecule has 11 heavy (non-hydrogen) atoms. The van der Waals surface area contributed by atoms with Gasteiger partial charge in [0.05, 0.1) is 6.61 Å². The summed E-state index contributed by atoms with van der Waals surface area (Å²) in [7, 11) is 0. The molecular formula is C7H16O4. The Bertz CT molecular complexity index is 107. The summed E-state index contributed by atoms with van der Waals surface area (Å²) in [5.41, 5.74) is 0. The lowest BCUT2D eigenvalue weighted by Gasteiger charge is -2.30. The van der Waals surface area contributed by atoms with Gasteiger partial charge in [-0.1, -0.05) is 6.92 Å². The van der Waals surface area contributed by atoms with Crippen molar-refractivity contribution >= 4 is 0 Å². The molecule has 0 saturated heterocycles. The molecule has 2 atom stereocenters.